The zero-order chi connectivity index (χ0) is 15.7. The number of nitrogens with one attached hydrogen (secondary N) is 1. The van der Waals surface area contributed by atoms with Gasteiger partial charge < -0.3 is 15.6 Å². The summed E-state index contributed by atoms with van der Waals surface area (Å²) in [6.45, 7) is 6.15. The van der Waals surface area contributed by atoms with E-state index in [0.29, 0.717) is 18.3 Å². The molecule has 0 spiro atoms. The number of likely N-dealkylation sites (tertiary alicyclic amines) is 1. The Kier molecular flexibility index (Phi) is 4.21. The summed E-state index contributed by atoms with van der Waals surface area (Å²) in [6, 6.07) is 7.67. The van der Waals surface area contributed by atoms with Crippen LogP contribution in [-0.4, -0.2) is 34.9 Å². The lowest BCUT2D eigenvalue weighted by atomic mass is 9.88. The fourth-order valence-corrected chi connectivity index (χ4v) is 3.32. The van der Waals surface area contributed by atoms with Crippen molar-refractivity contribution in [2.24, 2.45) is 17.6 Å². The van der Waals surface area contributed by atoms with Crippen molar-refractivity contribution in [1.82, 2.24) is 9.88 Å². The minimum Gasteiger partial charge on any atom is -0.361 e. The third-order valence-electron chi connectivity index (χ3n) is 5.08. The standard InChI is InChI=1S/C18H25N3O/c1-12-7-8-21(11-13(12)2)18(22)16(19)9-14-10-20-17-6-4-3-5-15(14)17/h3-6,10,12-13,16,20H,7-9,11,19H2,1-2H3/t12?,13?,16-/m0/s1. The molecule has 3 atom stereocenters. The van der Waals surface area contributed by atoms with E-state index in [0.717, 1.165) is 36.0 Å². The molecule has 1 aromatic heterocycles. The molecule has 3 N–H and O–H groups in total. The van der Waals surface area contributed by atoms with E-state index in [4.69, 9.17) is 5.73 Å². The second-order valence-electron chi connectivity index (χ2n) is 6.70. The van der Waals surface area contributed by atoms with Crippen LogP contribution in [0, 0.1) is 11.8 Å². The third-order valence-corrected chi connectivity index (χ3v) is 5.08. The molecule has 0 bridgehead atoms. The molecule has 1 aliphatic heterocycles. The minimum absolute atomic E-state index is 0.0871. The van der Waals surface area contributed by atoms with E-state index in [2.05, 4.69) is 24.9 Å². The average Bonchev–Trinajstić information content (AvgIpc) is 2.92. The van der Waals surface area contributed by atoms with Gasteiger partial charge in [-0.25, -0.2) is 0 Å². The fraction of sp³-hybridized carbons (Fsp3) is 0.500. The van der Waals surface area contributed by atoms with Crippen molar-refractivity contribution < 1.29 is 4.79 Å². The lowest BCUT2D eigenvalue weighted by molar-refractivity contribution is -0.134. The van der Waals surface area contributed by atoms with Crippen molar-refractivity contribution in [2.75, 3.05) is 13.1 Å². The number of nitrogens with two attached hydrogens (primary N) is 1. The molecule has 1 fully saturated rings. The molecule has 1 aliphatic rings. The summed E-state index contributed by atoms with van der Waals surface area (Å²) in [5.74, 6) is 1.33. The smallest absolute Gasteiger partial charge is 0.239 e. The lowest BCUT2D eigenvalue weighted by Gasteiger charge is -2.36. The van der Waals surface area contributed by atoms with Gasteiger partial charge in [0, 0.05) is 30.2 Å². The summed E-state index contributed by atoms with van der Waals surface area (Å²) in [5, 5.41) is 1.16. The molecule has 2 unspecified atom stereocenters. The lowest BCUT2D eigenvalue weighted by Crippen LogP contribution is -2.49. The number of amides is 1. The summed E-state index contributed by atoms with van der Waals surface area (Å²) >= 11 is 0. The number of para-hydroxylation sites is 1. The molecule has 22 heavy (non-hydrogen) atoms. The van der Waals surface area contributed by atoms with E-state index < -0.39 is 6.04 Å². The van der Waals surface area contributed by atoms with E-state index in [9.17, 15) is 4.79 Å². The number of fused-ring (bicyclic) bond motifs is 1. The second-order valence-corrected chi connectivity index (χ2v) is 6.70. The van der Waals surface area contributed by atoms with Crippen molar-refractivity contribution >= 4 is 16.8 Å². The topological polar surface area (TPSA) is 62.1 Å². The Morgan fingerprint density at radius 3 is 2.91 bits per heavy atom. The van der Waals surface area contributed by atoms with E-state index in [-0.39, 0.29) is 5.91 Å². The van der Waals surface area contributed by atoms with Gasteiger partial charge in [-0.2, -0.15) is 0 Å². The predicted molar refractivity (Wildman–Crippen MR) is 89.5 cm³/mol. The molecule has 0 radical (unpaired) electrons. The maximum atomic E-state index is 12.6. The van der Waals surface area contributed by atoms with Gasteiger partial charge in [-0.05, 0) is 36.3 Å². The van der Waals surface area contributed by atoms with Gasteiger partial charge in [-0.1, -0.05) is 32.0 Å². The van der Waals surface area contributed by atoms with Crippen LogP contribution in [0.2, 0.25) is 0 Å². The average molecular weight is 299 g/mol. The molecule has 0 aliphatic carbocycles. The zero-order valence-electron chi connectivity index (χ0n) is 13.4. The highest BCUT2D eigenvalue weighted by Crippen LogP contribution is 2.24. The van der Waals surface area contributed by atoms with Crippen LogP contribution in [0.25, 0.3) is 10.9 Å². The Morgan fingerprint density at radius 1 is 1.36 bits per heavy atom. The van der Waals surface area contributed by atoms with Crippen LogP contribution in [0.4, 0.5) is 0 Å². The number of H-pyrrole nitrogens is 1. The molecule has 1 amide bonds. The number of hydrogen-bond donors (Lipinski definition) is 2. The number of aromatic amines is 1. The maximum Gasteiger partial charge on any atom is 0.239 e. The van der Waals surface area contributed by atoms with Crippen LogP contribution < -0.4 is 5.73 Å². The molecule has 118 valence electrons. The highest BCUT2D eigenvalue weighted by Gasteiger charge is 2.29. The molecule has 2 aromatic rings. The van der Waals surface area contributed by atoms with Gasteiger partial charge in [0.1, 0.15) is 0 Å². The van der Waals surface area contributed by atoms with Crippen LogP contribution in [0.15, 0.2) is 30.5 Å². The number of carbonyl (C=O) groups excluding carboxylic acids is 1. The van der Waals surface area contributed by atoms with Gasteiger partial charge >= 0.3 is 0 Å². The second kappa shape index (κ2) is 6.13. The van der Waals surface area contributed by atoms with Crippen LogP contribution in [-0.2, 0) is 11.2 Å². The molecular formula is C18H25N3O. The predicted octanol–water partition coefficient (Wildman–Crippen LogP) is 2.54. The van der Waals surface area contributed by atoms with Gasteiger partial charge in [0.25, 0.3) is 0 Å². The van der Waals surface area contributed by atoms with Crippen LogP contribution in [0.3, 0.4) is 0 Å². The summed E-state index contributed by atoms with van der Waals surface area (Å²) in [7, 11) is 0. The minimum atomic E-state index is -0.459. The Labute approximate surface area is 131 Å². The highest BCUT2D eigenvalue weighted by molar-refractivity contribution is 5.86. The molecule has 2 heterocycles. The van der Waals surface area contributed by atoms with E-state index in [1.165, 1.54) is 0 Å². The van der Waals surface area contributed by atoms with Crippen LogP contribution in [0.1, 0.15) is 25.8 Å². The first-order valence-corrected chi connectivity index (χ1v) is 8.15. The largest absolute Gasteiger partial charge is 0.361 e. The summed E-state index contributed by atoms with van der Waals surface area (Å²) in [6.07, 6.45) is 3.63. The Balaban J connectivity index is 1.69. The zero-order valence-corrected chi connectivity index (χ0v) is 13.4. The normalized spacial score (nSPS) is 23.7. The molecule has 1 aromatic carbocycles. The number of rotatable bonds is 3. The number of benzene rings is 1. The van der Waals surface area contributed by atoms with Crippen molar-refractivity contribution in [2.45, 2.75) is 32.7 Å². The Hall–Kier alpha value is -1.81. The third kappa shape index (κ3) is 2.88. The number of hydrogen-bond acceptors (Lipinski definition) is 2. The van der Waals surface area contributed by atoms with Crippen molar-refractivity contribution in [3.05, 3.63) is 36.0 Å². The van der Waals surface area contributed by atoms with Crippen LogP contribution in [0.5, 0.6) is 0 Å². The number of carbonyl (C=O) groups is 1. The van der Waals surface area contributed by atoms with Crippen molar-refractivity contribution in [3.8, 4) is 0 Å². The van der Waals surface area contributed by atoms with E-state index >= 15 is 0 Å². The van der Waals surface area contributed by atoms with Gasteiger partial charge in [0.05, 0.1) is 6.04 Å². The number of aromatic nitrogens is 1. The number of nitrogens with zero attached hydrogens (tertiary/aromatic N) is 1. The van der Waals surface area contributed by atoms with E-state index in [1.54, 1.807) is 0 Å². The van der Waals surface area contributed by atoms with Crippen LogP contribution >= 0.6 is 0 Å². The first-order chi connectivity index (χ1) is 10.6. The van der Waals surface area contributed by atoms with Gasteiger partial charge in [0.15, 0.2) is 0 Å². The summed E-state index contributed by atoms with van der Waals surface area (Å²) in [4.78, 5) is 17.8. The van der Waals surface area contributed by atoms with Gasteiger partial charge in [0.2, 0.25) is 5.91 Å². The SMILES string of the molecule is CC1CCN(C(=O)[C@@H](N)Cc2c[nH]c3ccccc23)CC1C. The van der Waals surface area contributed by atoms with E-state index in [1.807, 2.05) is 29.3 Å². The Morgan fingerprint density at radius 2 is 2.14 bits per heavy atom. The van der Waals surface area contributed by atoms with Gasteiger partial charge in [-0.15, -0.1) is 0 Å². The first-order valence-electron chi connectivity index (χ1n) is 8.15. The molecule has 3 rings (SSSR count). The quantitative estimate of drug-likeness (QED) is 0.915. The maximum absolute atomic E-state index is 12.6. The number of piperidine rings is 1. The molecule has 4 nitrogen and oxygen atoms in total. The fourth-order valence-electron chi connectivity index (χ4n) is 3.32. The summed E-state index contributed by atoms with van der Waals surface area (Å²) in [5.41, 5.74) is 8.42. The van der Waals surface area contributed by atoms with Gasteiger partial charge in [-0.3, -0.25) is 4.79 Å². The van der Waals surface area contributed by atoms with Crippen molar-refractivity contribution in [3.63, 3.8) is 0 Å². The molecule has 1 saturated heterocycles. The van der Waals surface area contributed by atoms with Crippen molar-refractivity contribution in [1.29, 1.82) is 0 Å². The first kappa shape index (κ1) is 15.1. The Bertz CT molecular complexity index is 663. The highest BCUT2D eigenvalue weighted by atomic mass is 16.2. The molecular weight excluding hydrogens is 274 g/mol. The monoisotopic (exact) mass is 299 g/mol. The molecule has 0 saturated carbocycles. The molecule has 4 heteroatoms. The summed E-state index contributed by atoms with van der Waals surface area (Å²) < 4.78 is 0.